The van der Waals surface area contributed by atoms with E-state index in [9.17, 15) is 4.79 Å². The lowest BCUT2D eigenvalue weighted by atomic mass is 10.1. The largest absolute Gasteiger partial charge is 0.497 e. The average Bonchev–Trinajstić information content (AvgIpc) is 2.61. The molecule has 0 aliphatic heterocycles. The van der Waals surface area contributed by atoms with Crippen LogP contribution in [-0.4, -0.2) is 26.1 Å². The number of benzene rings is 2. The van der Waals surface area contributed by atoms with Crippen LogP contribution in [0.15, 0.2) is 48.5 Å². The van der Waals surface area contributed by atoms with Gasteiger partial charge in [0.05, 0.1) is 7.11 Å². The molecule has 24 heavy (non-hydrogen) atoms. The van der Waals surface area contributed by atoms with Gasteiger partial charge in [-0.3, -0.25) is 4.79 Å². The molecule has 4 nitrogen and oxygen atoms in total. The van der Waals surface area contributed by atoms with Gasteiger partial charge in [0.2, 0.25) is 5.91 Å². The van der Waals surface area contributed by atoms with Gasteiger partial charge in [0.1, 0.15) is 5.75 Å². The molecule has 5 heteroatoms. The molecule has 0 spiro atoms. The maximum atomic E-state index is 11.8. The topological polar surface area (TPSA) is 50.4 Å². The Labute approximate surface area is 148 Å². The number of methoxy groups -OCH3 is 1. The summed E-state index contributed by atoms with van der Waals surface area (Å²) in [5.74, 6) is 0.861. The number of carbonyl (C=O) groups excluding carboxylic acids is 1. The fourth-order valence-electron chi connectivity index (χ4n) is 2.24. The quantitative estimate of drug-likeness (QED) is 0.686. The van der Waals surface area contributed by atoms with Gasteiger partial charge in [0.15, 0.2) is 0 Å². The summed E-state index contributed by atoms with van der Waals surface area (Å²) < 4.78 is 5.11. The first-order valence-electron chi connectivity index (χ1n) is 8.02. The number of rotatable bonds is 9. The Morgan fingerprint density at radius 1 is 1.00 bits per heavy atom. The number of ether oxygens (including phenoxy) is 1. The Kier molecular flexibility index (Phi) is 7.59. The molecule has 0 unspecified atom stereocenters. The van der Waals surface area contributed by atoms with Crippen LogP contribution >= 0.6 is 11.6 Å². The van der Waals surface area contributed by atoms with Crippen molar-refractivity contribution in [1.82, 2.24) is 10.6 Å². The minimum Gasteiger partial charge on any atom is -0.497 e. The van der Waals surface area contributed by atoms with Gasteiger partial charge in [-0.05, 0) is 48.4 Å². The molecule has 0 saturated carbocycles. The normalized spacial score (nSPS) is 10.4. The molecule has 1 amide bonds. The summed E-state index contributed by atoms with van der Waals surface area (Å²) in [6, 6.07) is 15.5. The second-order valence-electron chi connectivity index (χ2n) is 5.50. The second-order valence-corrected chi connectivity index (χ2v) is 5.94. The summed E-state index contributed by atoms with van der Waals surface area (Å²) in [6.07, 6.45) is 1.39. The monoisotopic (exact) mass is 346 g/mol. The van der Waals surface area contributed by atoms with Crippen LogP contribution in [0.3, 0.4) is 0 Å². The summed E-state index contributed by atoms with van der Waals surface area (Å²) in [5, 5.41) is 6.95. The van der Waals surface area contributed by atoms with Crippen LogP contribution in [0.25, 0.3) is 0 Å². The van der Waals surface area contributed by atoms with E-state index in [1.54, 1.807) is 7.11 Å². The van der Waals surface area contributed by atoms with Crippen LogP contribution in [0.5, 0.6) is 5.75 Å². The van der Waals surface area contributed by atoms with Gasteiger partial charge in [0.25, 0.3) is 0 Å². The minimum atomic E-state index is 0.0461. The first-order valence-corrected chi connectivity index (χ1v) is 8.40. The molecule has 0 bridgehead atoms. The van der Waals surface area contributed by atoms with Crippen molar-refractivity contribution in [1.29, 1.82) is 0 Å². The number of halogens is 1. The van der Waals surface area contributed by atoms with E-state index in [4.69, 9.17) is 16.3 Å². The van der Waals surface area contributed by atoms with Gasteiger partial charge in [0, 0.05) is 24.5 Å². The molecule has 128 valence electrons. The zero-order valence-electron chi connectivity index (χ0n) is 13.8. The first kappa shape index (κ1) is 18.3. The third-order valence-electron chi connectivity index (χ3n) is 3.68. The van der Waals surface area contributed by atoms with Gasteiger partial charge >= 0.3 is 0 Å². The molecule has 2 rings (SSSR count). The van der Waals surface area contributed by atoms with Crippen molar-refractivity contribution in [3.05, 3.63) is 64.7 Å². The molecule has 0 fully saturated rings. The van der Waals surface area contributed by atoms with Gasteiger partial charge < -0.3 is 15.4 Å². The molecule has 0 aliphatic carbocycles. The number of hydrogen-bond donors (Lipinski definition) is 2. The van der Waals surface area contributed by atoms with Crippen molar-refractivity contribution in [2.45, 2.75) is 19.4 Å². The molecular weight excluding hydrogens is 324 g/mol. The molecule has 2 N–H and O–H groups in total. The summed E-state index contributed by atoms with van der Waals surface area (Å²) in [5.41, 5.74) is 2.29. The van der Waals surface area contributed by atoms with Crippen LogP contribution in [0, 0.1) is 0 Å². The van der Waals surface area contributed by atoms with Crippen molar-refractivity contribution >= 4 is 17.5 Å². The molecule has 0 saturated heterocycles. The molecule has 0 atom stereocenters. The number of amides is 1. The van der Waals surface area contributed by atoms with Crippen LogP contribution in [0.1, 0.15) is 17.5 Å². The SMILES string of the molecule is COc1ccc(CNC(=O)CCNCCc2ccc(Cl)cc2)cc1. The highest BCUT2D eigenvalue weighted by Crippen LogP contribution is 2.11. The van der Waals surface area contributed by atoms with E-state index in [0.29, 0.717) is 19.5 Å². The van der Waals surface area contributed by atoms with E-state index >= 15 is 0 Å². The second kappa shape index (κ2) is 9.96. The fourth-order valence-corrected chi connectivity index (χ4v) is 2.37. The van der Waals surface area contributed by atoms with E-state index < -0.39 is 0 Å². The molecule has 2 aromatic carbocycles. The molecule has 0 aromatic heterocycles. The maximum absolute atomic E-state index is 11.8. The van der Waals surface area contributed by atoms with Crippen molar-refractivity contribution in [3.63, 3.8) is 0 Å². The van der Waals surface area contributed by atoms with Crippen LogP contribution in [-0.2, 0) is 17.8 Å². The Morgan fingerprint density at radius 3 is 2.33 bits per heavy atom. The zero-order chi connectivity index (χ0) is 17.2. The lowest BCUT2D eigenvalue weighted by molar-refractivity contribution is -0.121. The summed E-state index contributed by atoms with van der Waals surface area (Å²) in [6.45, 7) is 2.04. The molecule has 0 aliphatic rings. The van der Waals surface area contributed by atoms with E-state index in [2.05, 4.69) is 10.6 Å². The lowest BCUT2D eigenvalue weighted by Gasteiger charge is -2.07. The Bertz CT molecular complexity index is 627. The zero-order valence-corrected chi connectivity index (χ0v) is 14.6. The Morgan fingerprint density at radius 2 is 1.67 bits per heavy atom. The highest BCUT2D eigenvalue weighted by Gasteiger charge is 2.01. The number of nitrogens with one attached hydrogen (secondary N) is 2. The van der Waals surface area contributed by atoms with Gasteiger partial charge in [-0.25, -0.2) is 0 Å². The molecule has 0 radical (unpaired) electrons. The third-order valence-corrected chi connectivity index (χ3v) is 3.93. The summed E-state index contributed by atoms with van der Waals surface area (Å²) in [4.78, 5) is 11.8. The van der Waals surface area contributed by atoms with E-state index in [1.807, 2.05) is 48.5 Å². The third kappa shape index (κ3) is 6.60. The standard InChI is InChI=1S/C19H23ClN2O2/c1-24-18-8-4-16(5-9-18)14-22-19(23)11-13-21-12-10-15-2-6-17(20)7-3-15/h2-9,21H,10-14H2,1H3,(H,22,23). The predicted octanol–water partition coefficient (Wildman–Crippen LogP) is 3.19. The fraction of sp³-hybridized carbons (Fsp3) is 0.316. The Hall–Kier alpha value is -2.04. The van der Waals surface area contributed by atoms with Crippen LogP contribution in [0.4, 0.5) is 0 Å². The van der Waals surface area contributed by atoms with Crippen LogP contribution < -0.4 is 15.4 Å². The van der Waals surface area contributed by atoms with Crippen molar-refractivity contribution in [3.8, 4) is 5.75 Å². The average molecular weight is 347 g/mol. The maximum Gasteiger partial charge on any atom is 0.221 e. The van der Waals surface area contributed by atoms with Gasteiger partial charge in [-0.1, -0.05) is 35.9 Å². The van der Waals surface area contributed by atoms with Crippen LogP contribution in [0.2, 0.25) is 5.02 Å². The van der Waals surface area contributed by atoms with E-state index in [1.165, 1.54) is 5.56 Å². The van der Waals surface area contributed by atoms with E-state index in [0.717, 1.165) is 29.3 Å². The van der Waals surface area contributed by atoms with Crippen molar-refractivity contribution < 1.29 is 9.53 Å². The molecule has 0 heterocycles. The number of carbonyl (C=O) groups is 1. The number of hydrogen-bond acceptors (Lipinski definition) is 3. The van der Waals surface area contributed by atoms with Crippen molar-refractivity contribution in [2.75, 3.05) is 20.2 Å². The predicted molar refractivity (Wildman–Crippen MR) is 97.5 cm³/mol. The van der Waals surface area contributed by atoms with Gasteiger partial charge in [-0.15, -0.1) is 0 Å². The summed E-state index contributed by atoms with van der Waals surface area (Å²) in [7, 11) is 1.64. The first-order chi connectivity index (χ1) is 11.7. The lowest BCUT2D eigenvalue weighted by Crippen LogP contribution is -2.28. The minimum absolute atomic E-state index is 0.0461. The smallest absolute Gasteiger partial charge is 0.221 e. The van der Waals surface area contributed by atoms with Crippen molar-refractivity contribution in [2.24, 2.45) is 0 Å². The highest BCUT2D eigenvalue weighted by atomic mass is 35.5. The molecular formula is C19H23ClN2O2. The van der Waals surface area contributed by atoms with E-state index in [-0.39, 0.29) is 5.91 Å². The van der Waals surface area contributed by atoms with Gasteiger partial charge in [-0.2, -0.15) is 0 Å². The highest BCUT2D eigenvalue weighted by molar-refractivity contribution is 6.30. The molecule has 2 aromatic rings. The summed E-state index contributed by atoms with van der Waals surface area (Å²) >= 11 is 5.85. The Balaban J connectivity index is 1.56.